The maximum atomic E-state index is 11.6. The third-order valence-electron chi connectivity index (χ3n) is 3.75. The van der Waals surface area contributed by atoms with E-state index in [1.165, 1.54) is 26.4 Å². The van der Waals surface area contributed by atoms with E-state index in [1.54, 1.807) is 12.1 Å². The van der Waals surface area contributed by atoms with Gasteiger partial charge in [-0.25, -0.2) is 13.1 Å². The summed E-state index contributed by atoms with van der Waals surface area (Å²) in [5, 5.41) is 3.39. The van der Waals surface area contributed by atoms with E-state index in [9.17, 15) is 8.42 Å². The molecule has 0 radical (unpaired) electrons. The van der Waals surface area contributed by atoms with E-state index in [0.717, 1.165) is 18.8 Å². The van der Waals surface area contributed by atoms with Crippen LogP contribution in [0.1, 0.15) is 12.8 Å². The zero-order chi connectivity index (χ0) is 14.6. The van der Waals surface area contributed by atoms with Gasteiger partial charge in [-0.2, -0.15) is 0 Å². The first-order valence-electron chi connectivity index (χ1n) is 6.97. The van der Waals surface area contributed by atoms with Crippen LogP contribution in [0, 0.1) is 5.92 Å². The summed E-state index contributed by atoms with van der Waals surface area (Å²) in [4.78, 5) is 2.65. The van der Waals surface area contributed by atoms with Crippen LogP contribution in [0.15, 0.2) is 29.2 Å². The second kappa shape index (κ2) is 6.56. The van der Waals surface area contributed by atoms with Crippen LogP contribution in [0.25, 0.3) is 0 Å². The summed E-state index contributed by atoms with van der Waals surface area (Å²) in [5.74, 6) is 0.662. The normalized spacial score (nSPS) is 20.8. The van der Waals surface area contributed by atoms with Crippen molar-refractivity contribution in [2.24, 2.45) is 5.92 Å². The number of hydrogen-bond donors (Lipinski definition) is 2. The number of anilines is 1. The van der Waals surface area contributed by atoms with Crippen molar-refractivity contribution in [1.82, 2.24) is 9.62 Å². The van der Waals surface area contributed by atoms with Gasteiger partial charge < -0.3 is 10.2 Å². The van der Waals surface area contributed by atoms with Gasteiger partial charge in [0.2, 0.25) is 10.0 Å². The zero-order valence-corrected chi connectivity index (χ0v) is 12.9. The van der Waals surface area contributed by atoms with E-state index in [0.29, 0.717) is 10.8 Å². The Balaban J connectivity index is 1.91. The lowest BCUT2D eigenvalue weighted by molar-refractivity contribution is 0.217. The fourth-order valence-electron chi connectivity index (χ4n) is 2.57. The second-order valence-electron chi connectivity index (χ2n) is 5.38. The van der Waals surface area contributed by atoms with Crippen LogP contribution < -0.4 is 10.0 Å². The molecule has 112 valence electrons. The Morgan fingerprint density at radius 3 is 2.60 bits per heavy atom. The molecule has 1 aromatic rings. The number of nitrogens with one attached hydrogen (secondary N) is 2. The molecule has 1 aromatic carbocycles. The minimum absolute atomic E-state index is 0.294. The molecule has 1 saturated heterocycles. The zero-order valence-electron chi connectivity index (χ0n) is 12.1. The smallest absolute Gasteiger partial charge is 0.240 e. The van der Waals surface area contributed by atoms with Crippen molar-refractivity contribution in [3.8, 4) is 0 Å². The highest BCUT2D eigenvalue weighted by molar-refractivity contribution is 7.89. The van der Waals surface area contributed by atoms with Crippen molar-refractivity contribution in [2.75, 3.05) is 39.0 Å². The first kappa shape index (κ1) is 15.3. The molecule has 0 aliphatic carbocycles. The first-order valence-corrected chi connectivity index (χ1v) is 8.45. The van der Waals surface area contributed by atoms with E-state index in [-0.39, 0.29) is 0 Å². The van der Waals surface area contributed by atoms with Gasteiger partial charge in [0.25, 0.3) is 0 Å². The Kier molecular flexibility index (Phi) is 5.01. The SMILES string of the molecule is CNS(=O)(=O)c1ccc(NCC2CCCN(C)C2)cc1. The van der Waals surface area contributed by atoms with Gasteiger partial charge in [0.15, 0.2) is 0 Å². The number of piperidine rings is 1. The van der Waals surface area contributed by atoms with Crippen molar-refractivity contribution in [3.63, 3.8) is 0 Å². The van der Waals surface area contributed by atoms with E-state index in [4.69, 9.17) is 0 Å². The summed E-state index contributed by atoms with van der Waals surface area (Å²) in [6.45, 7) is 3.24. The van der Waals surface area contributed by atoms with Gasteiger partial charge in [-0.3, -0.25) is 0 Å². The molecule has 0 bridgehead atoms. The van der Waals surface area contributed by atoms with Crippen molar-refractivity contribution in [3.05, 3.63) is 24.3 Å². The van der Waals surface area contributed by atoms with Crippen LogP contribution in [-0.2, 0) is 10.0 Å². The fourth-order valence-corrected chi connectivity index (χ4v) is 3.30. The molecule has 0 aromatic heterocycles. The molecule has 1 aliphatic rings. The molecule has 1 fully saturated rings. The number of benzene rings is 1. The highest BCUT2D eigenvalue weighted by atomic mass is 32.2. The summed E-state index contributed by atoms with van der Waals surface area (Å²) in [6, 6.07) is 6.88. The molecule has 0 saturated carbocycles. The minimum atomic E-state index is -3.34. The summed E-state index contributed by atoms with van der Waals surface area (Å²) < 4.78 is 25.5. The third-order valence-corrected chi connectivity index (χ3v) is 5.18. The molecule has 0 spiro atoms. The van der Waals surface area contributed by atoms with Crippen LogP contribution in [-0.4, -0.2) is 47.0 Å². The van der Waals surface area contributed by atoms with E-state index in [2.05, 4.69) is 22.0 Å². The van der Waals surface area contributed by atoms with Crippen LogP contribution in [0.5, 0.6) is 0 Å². The Bertz CT molecular complexity index is 528. The average Bonchev–Trinajstić information content (AvgIpc) is 2.46. The molecule has 1 heterocycles. The topological polar surface area (TPSA) is 61.4 Å². The molecule has 1 aliphatic heterocycles. The van der Waals surface area contributed by atoms with Crippen molar-refractivity contribution in [2.45, 2.75) is 17.7 Å². The maximum absolute atomic E-state index is 11.6. The van der Waals surface area contributed by atoms with E-state index in [1.807, 2.05) is 12.1 Å². The number of rotatable bonds is 5. The molecular formula is C14H23N3O2S. The summed E-state index contributed by atoms with van der Waals surface area (Å²) in [6.07, 6.45) is 2.51. The second-order valence-corrected chi connectivity index (χ2v) is 7.27. The van der Waals surface area contributed by atoms with Crippen LogP contribution >= 0.6 is 0 Å². The molecule has 6 heteroatoms. The Labute approximate surface area is 121 Å². The van der Waals surface area contributed by atoms with Gasteiger partial charge in [0.05, 0.1) is 4.90 Å². The third kappa shape index (κ3) is 3.94. The van der Waals surface area contributed by atoms with Crippen LogP contribution in [0.2, 0.25) is 0 Å². The molecule has 1 unspecified atom stereocenters. The molecule has 20 heavy (non-hydrogen) atoms. The highest BCUT2D eigenvalue weighted by Crippen LogP contribution is 2.18. The fraction of sp³-hybridized carbons (Fsp3) is 0.571. The first-order chi connectivity index (χ1) is 9.51. The Morgan fingerprint density at radius 1 is 1.30 bits per heavy atom. The van der Waals surface area contributed by atoms with Crippen LogP contribution in [0.3, 0.4) is 0 Å². The van der Waals surface area contributed by atoms with Gasteiger partial charge in [0, 0.05) is 18.8 Å². The predicted octanol–water partition coefficient (Wildman–Crippen LogP) is 1.35. The Morgan fingerprint density at radius 2 is 2.00 bits per heavy atom. The average molecular weight is 297 g/mol. The quantitative estimate of drug-likeness (QED) is 0.861. The van der Waals surface area contributed by atoms with Gasteiger partial charge in [-0.1, -0.05) is 0 Å². The highest BCUT2D eigenvalue weighted by Gasteiger charge is 2.16. The lowest BCUT2D eigenvalue weighted by Gasteiger charge is -2.29. The van der Waals surface area contributed by atoms with Crippen LogP contribution in [0.4, 0.5) is 5.69 Å². The van der Waals surface area contributed by atoms with E-state index < -0.39 is 10.0 Å². The van der Waals surface area contributed by atoms with Gasteiger partial charge in [-0.05, 0) is 63.7 Å². The molecule has 5 nitrogen and oxygen atoms in total. The van der Waals surface area contributed by atoms with E-state index >= 15 is 0 Å². The molecular weight excluding hydrogens is 274 g/mol. The largest absolute Gasteiger partial charge is 0.385 e. The van der Waals surface area contributed by atoms with Gasteiger partial charge in [-0.15, -0.1) is 0 Å². The van der Waals surface area contributed by atoms with Crippen molar-refractivity contribution >= 4 is 15.7 Å². The molecule has 0 amide bonds. The standard InChI is InChI=1S/C14H23N3O2S/c1-15-20(18,19)14-7-5-13(6-8-14)16-10-12-4-3-9-17(2)11-12/h5-8,12,15-16H,3-4,9-11H2,1-2H3. The number of sulfonamides is 1. The van der Waals surface area contributed by atoms with Gasteiger partial charge >= 0.3 is 0 Å². The number of hydrogen-bond acceptors (Lipinski definition) is 4. The molecule has 2 N–H and O–H groups in total. The summed E-state index contributed by atoms with van der Waals surface area (Å²) in [7, 11) is 0.232. The lowest BCUT2D eigenvalue weighted by Crippen LogP contribution is -2.35. The van der Waals surface area contributed by atoms with Crippen molar-refractivity contribution < 1.29 is 8.42 Å². The van der Waals surface area contributed by atoms with Crippen molar-refractivity contribution in [1.29, 1.82) is 0 Å². The molecule has 2 rings (SSSR count). The number of likely N-dealkylation sites (tertiary alicyclic amines) is 1. The summed E-state index contributed by atoms with van der Waals surface area (Å²) >= 11 is 0. The predicted molar refractivity (Wildman–Crippen MR) is 81.4 cm³/mol. The molecule has 1 atom stereocenters. The number of nitrogens with zero attached hydrogens (tertiary/aromatic N) is 1. The maximum Gasteiger partial charge on any atom is 0.240 e. The minimum Gasteiger partial charge on any atom is -0.385 e. The summed E-state index contributed by atoms with van der Waals surface area (Å²) in [5.41, 5.74) is 0.966. The Hall–Kier alpha value is -1.11. The monoisotopic (exact) mass is 297 g/mol. The lowest BCUT2D eigenvalue weighted by atomic mass is 9.98. The van der Waals surface area contributed by atoms with Gasteiger partial charge in [0.1, 0.15) is 0 Å².